The molecule has 7 nitrogen and oxygen atoms in total. The smallest absolute Gasteiger partial charge is 0.251 e. The van der Waals surface area contributed by atoms with Gasteiger partial charge in [0.05, 0.1) is 24.2 Å². The molecule has 2 aromatic carbocycles. The summed E-state index contributed by atoms with van der Waals surface area (Å²) in [7, 11) is 0.232. The number of sulfonamides is 1. The predicted molar refractivity (Wildman–Crippen MR) is 111 cm³/mol. The Bertz CT molecular complexity index is 926. The maximum atomic E-state index is 12.9. The SMILES string of the molecule is CN(C)C[C@@H](NC(=O)c1cccc(S(=O)(=O)N2CCOCC2)c1)c1ccccc1. The minimum Gasteiger partial charge on any atom is -0.379 e. The normalized spacial score (nSPS) is 16.5. The van der Waals surface area contributed by atoms with Crippen molar-refractivity contribution >= 4 is 15.9 Å². The van der Waals surface area contributed by atoms with Gasteiger partial charge in [-0.3, -0.25) is 4.79 Å². The summed E-state index contributed by atoms with van der Waals surface area (Å²) in [6.07, 6.45) is 0. The van der Waals surface area contributed by atoms with Crippen LogP contribution >= 0.6 is 0 Å². The van der Waals surface area contributed by atoms with Crippen molar-refractivity contribution in [2.24, 2.45) is 0 Å². The van der Waals surface area contributed by atoms with E-state index < -0.39 is 10.0 Å². The largest absolute Gasteiger partial charge is 0.379 e. The van der Waals surface area contributed by atoms with Crippen molar-refractivity contribution < 1.29 is 17.9 Å². The maximum Gasteiger partial charge on any atom is 0.251 e. The molecule has 1 aliphatic rings. The van der Waals surface area contributed by atoms with Gasteiger partial charge in [-0.1, -0.05) is 36.4 Å². The zero-order chi connectivity index (χ0) is 20.9. The number of morpholine rings is 1. The third kappa shape index (κ3) is 5.42. The summed E-state index contributed by atoms with van der Waals surface area (Å²) in [4.78, 5) is 15.0. The third-order valence-electron chi connectivity index (χ3n) is 4.76. The van der Waals surface area contributed by atoms with Gasteiger partial charge in [0, 0.05) is 25.2 Å². The van der Waals surface area contributed by atoms with E-state index in [0.717, 1.165) is 5.56 Å². The first-order valence-electron chi connectivity index (χ1n) is 9.56. The highest BCUT2D eigenvalue weighted by atomic mass is 32.2. The topological polar surface area (TPSA) is 79.0 Å². The van der Waals surface area contributed by atoms with Crippen LogP contribution in [-0.2, 0) is 14.8 Å². The second-order valence-corrected chi connectivity index (χ2v) is 9.18. The van der Waals surface area contributed by atoms with Crippen molar-refractivity contribution in [1.29, 1.82) is 0 Å². The average Bonchev–Trinajstić information content (AvgIpc) is 2.74. The summed E-state index contributed by atoms with van der Waals surface area (Å²) in [5.74, 6) is -0.306. The first-order valence-corrected chi connectivity index (χ1v) is 11.0. The molecule has 8 heteroatoms. The van der Waals surface area contributed by atoms with Gasteiger partial charge >= 0.3 is 0 Å². The lowest BCUT2D eigenvalue weighted by atomic mass is 10.1. The molecule has 156 valence electrons. The van der Waals surface area contributed by atoms with E-state index in [9.17, 15) is 13.2 Å². The quantitative estimate of drug-likeness (QED) is 0.742. The van der Waals surface area contributed by atoms with Crippen LogP contribution in [0, 0.1) is 0 Å². The van der Waals surface area contributed by atoms with E-state index >= 15 is 0 Å². The Morgan fingerprint density at radius 1 is 1.10 bits per heavy atom. The molecule has 0 radical (unpaired) electrons. The maximum absolute atomic E-state index is 12.9. The van der Waals surface area contributed by atoms with E-state index in [1.165, 1.54) is 16.4 Å². The van der Waals surface area contributed by atoms with Crippen LogP contribution in [0.1, 0.15) is 22.0 Å². The minimum atomic E-state index is -3.65. The molecular weight excluding hydrogens is 390 g/mol. The second kappa shape index (κ2) is 9.49. The van der Waals surface area contributed by atoms with Crippen LogP contribution < -0.4 is 5.32 Å². The fraction of sp³-hybridized carbons (Fsp3) is 0.381. The number of carbonyl (C=O) groups is 1. The number of ether oxygens (including phenoxy) is 1. The number of carbonyl (C=O) groups excluding carboxylic acids is 1. The van der Waals surface area contributed by atoms with Crippen LogP contribution in [0.5, 0.6) is 0 Å². The molecule has 0 saturated carbocycles. The minimum absolute atomic E-state index is 0.121. The van der Waals surface area contributed by atoms with Crippen LogP contribution in [0.3, 0.4) is 0 Å². The van der Waals surface area contributed by atoms with E-state index in [-0.39, 0.29) is 16.8 Å². The van der Waals surface area contributed by atoms with Gasteiger partial charge in [0.25, 0.3) is 5.91 Å². The van der Waals surface area contributed by atoms with Gasteiger partial charge in [-0.15, -0.1) is 0 Å². The molecule has 1 fully saturated rings. The van der Waals surface area contributed by atoms with Gasteiger partial charge in [-0.25, -0.2) is 8.42 Å². The monoisotopic (exact) mass is 417 g/mol. The molecule has 2 aromatic rings. The zero-order valence-electron chi connectivity index (χ0n) is 16.7. The molecule has 0 aliphatic carbocycles. The lowest BCUT2D eigenvalue weighted by Gasteiger charge is -2.26. The summed E-state index contributed by atoms with van der Waals surface area (Å²) >= 11 is 0. The fourth-order valence-corrected chi connectivity index (χ4v) is 4.71. The lowest BCUT2D eigenvalue weighted by molar-refractivity contribution is 0.0730. The molecule has 1 N–H and O–H groups in total. The Morgan fingerprint density at radius 3 is 2.45 bits per heavy atom. The van der Waals surface area contributed by atoms with Gasteiger partial charge in [0.15, 0.2) is 0 Å². The van der Waals surface area contributed by atoms with Crippen molar-refractivity contribution in [1.82, 2.24) is 14.5 Å². The average molecular weight is 418 g/mol. The van der Waals surface area contributed by atoms with Crippen molar-refractivity contribution in [2.45, 2.75) is 10.9 Å². The van der Waals surface area contributed by atoms with Gasteiger partial charge in [-0.2, -0.15) is 4.31 Å². The molecule has 0 spiro atoms. The highest BCUT2D eigenvalue weighted by Crippen LogP contribution is 2.20. The van der Waals surface area contributed by atoms with E-state index in [2.05, 4.69) is 5.32 Å². The number of nitrogens with zero attached hydrogens (tertiary/aromatic N) is 2. The molecule has 1 heterocycles. The van der Waals surface area contributed by atoms with Crippen LogP contribution in [0.4, 0.5) is 0 Å². The number of benzene rings is 2. The molecule has 29 heavy (non-hydrogen) atoms. The molecule has 0 aromatic heterocycles. The number of rotatable bonds is 7. The van der Waals surface area contributed by atoms with E-state index in [1.807, 2.05) is 49.3 Å². The third-order valence-corrected chi connectivity index (χ3v) is 6.65. The Morgan fingerprint density at radius 2 is 1.79 bits per heavy atom. The Labute approximate surface area is 172 Å². The lowest BCUT2D eigenvalue weighted by Crippen LogP contribution is -2.40. The number of nitrogens with one attached hydrogen (secondary N) is 1. The van der Waals surface area contributed by atoms with Crippen molar-refractivity contribution in [2.75, 3.05) is 46.9 Å². The summed E-state index contributed by atoms with van der Waals surface area (Å²) in [6, 6.07) is 15.7. The highest BCUT2D eigenvalue weighted by molar-refractivity contribution is 7.89. The summed E-state index contributed by atoms with van der Waals surface area (Å²) in [6.45, 7) is 2.02. The van der Waals surface area contributed by atoms with Crippen LogP contribution in [0.2, 0.25) is 0 Å². The first kappa shape index (κ1) is 21.4. The van der Waals surface area contributed by atoms with Gasteiger partial charge in [0.1, 0.15) is 0 Å². The van der Waals surface area contributed by atoms with E-state index in [0.29, 0.717) is 38.4 Å². The molecule has 0 unspecified atom stereocenters. The molecule has 1 amide bonds. The standard InChI is InChI=1S/C21H27N3O4S/c1-23(2)16-20(17-7-4-3-5-8-17)22-21(25)18-9-6-10-19(15-18)29(26,27)24-11-13-28-14-12-24/h3-10,15,20H,11-14,16H2,1-2H3,(H,22,25)/t20-/m1/s1. The van der Waals surface area contributed by atoms with Crippen LogP contribution in [0.25, 0.3) is 0 Å². The Hall–Kier alpha value is -2.26. The van der Waals surface area contributed by atoms with Crippen molar-refractivity contribution in [3.63, 3.8) is 0 Å². The van der Waals surface area contributed by atoms with Gasteiger partial charge in [-0.05, 0) is 37.9 Å². The van der Waals surface area contributed by atoms with E-state index in [4.69, 9.17) is 4.74 Å². The highest BCUT2D eigenvalue weighted by Gasteiger charge is 2.27. The molecule has 1 aliphatic heterocycles. The summed E-state index contributed by atoms with van der Waals surface area (Å²) in [5.41, 5.74) is 1.31. The summed E-state index contributed by atoms with van der Waals surface area (Å²) < 4.78 is 32.4. The molecule has 3 rings (SSSR count). The molecular formula is C21H27N3O4S. The number of amides is 1. The van der Waals surface area contributed by atoms with Gasteiger partial charge < -0.3 is 15.0 Å². The first-order chi connectivity index (χ1) is 13.9. The zero-order valence-corrected chi connectivity index (χ0v) is 17.6. The van der Waals surface area contributed by atoms with Crippen molar-refractivity contribution in [3.05, 3.63) is 65.7 Å². The molecule has 1 atom stereocenters. The van der Waals surface area contributed by atoms with Gasteiger partial charge in [0.2, 0.25) is 10.0 Å². The molecule has 1 saturated heterocycles. The number of hydrogen-bond acceptors (Lipinski definition) is 5. The summed E-state index contributed by atoms with van der Waals surface area (Å²) in [5, 5.41) is 3.03. The number of likely N-dealkylation sites (N-methyl/N-ethyl adjacent to an activating group) is 1. The fourth-order valence-electron chi connectivity index (χ4n) is 3.26. The molecule has 0 bridgehead atoms. The van der Waals surface area contributed by atoms with Crippen LogP contribution in [0.15, 0.2) is 59.5 Å². The predicted octanol–water partition coefficient (Wildman–Crippen LogP) is 1.74. The second-order valence-electron chi connectivity index (χ2n) is 7.24. The Kier molecular flexibility index (Phi) is 7.02. The van der Waals surface area contributed by atoms with E-state index in [1.54, 1.807) is 12.1 Å². The van der Waals surface area contributed by atoms with Crippen LogP contribution in [-0.4, -0.2) is 70.5 Å². The number of hydrogen-bond donors (Lipinski definition) is 1. The van der Waals surface area contributed by atoms with Crippen molar-refractivity contribution in [3.8, 4) is 0 Å². The Balaban J connectivity index is 1.81.